The summed E-state index contributed by atoms with van der Waals surface area (Å²) in [5.41, 5.74) is 4.54. The first-order valence-electron chi connectivity index (χ1n) is 8.21. The van der Waals surface area contributed by atoms with Gasteiger partial charge in [-0.05, 0) is 53.7 Å². The summed E-state index contributed by atoms with van der Waals surface area (Å²) in [4.78, 5) is 12.6. The van der Waals surface area contributed by atoms with E-state index in [2.05, 4.69) is 27.0 Å². The Morgan fingerprint density at radius 3 is 2.65 bits per heavy atom. The molecule has 0 aliphatic heterocycles. The first-order chi connectivity index (χ1) is 12.7. The fourth-order valence-corrected chi connectivity index (χ4v) is 2.71. The van der Waals surface area contributed by atoms with Crippen molar-refractivity contribution in [3.63, 3.8) is 0 Å². The van der Waals surface area contributed by atoms with Gasteiger partial charge in [-0.2, -0.15) is 0 Å². The second-order valence-electron chi connectivity index (χ2n) is 5.73. The lowest BCUT2D eigenvalue weighted by Gasteiger charge is -2.13. The summed E-state index contributed by atoms with van der Waals surface area (Å²) in [6.07, 6.45) is 3.57. The highest BCUT2D eigenvalue weighted by Gasteiger charge is 2.10. The van der Waals surface area contributed by atoms with Crippen LogP contribution in [0.2, 0.25) is 0 Å². The molecule has 26 heavy (non-hydrogen) atoms. The van der Waals surface area contributed by atoms with Crippen LogP contribution in [0.3, 0.4) is 0 Å². The van der Waals surface area contributed by atoms with Crippen LogP contribution in [0.25, 0.3) is 11.1 Å². The zero-order chi connectivity index (χ0) is 18.4. The van der Waals surface area contributed by atoms with Gasteiger partial charge in [0.05, 0.1) is 5.69 Å². The van der Waals surface area contributed by atoms with Crippen molar-refractivity contribution in [2.45, 2.75) is 6.54 Å². The number of aromatic nitrogens is 1. The highest BCUT2D eigenvalue weighted by atomic mass is 16.3. The van der Waals surface area contributed by atoms with Crippen molar-refractivity contribution in [3.8, 4) is 16.9 Å². The second kappa shape index (κ2) is 8.07. The van der Waals surface area contributed by atoms with Gasteiger partial charge in [0.2, 0.25) is 0 Å². The molecule has 3 aromatic rings. The molecule has 0 aliphatic carbocycles. The fraction of sp³-hybridized carbons (Fsp3) is 0.0952. The molecule has 0 saturated heterocycles. The molecule has 0 fully saturated rings. The smallest absolute Gasteiger partial charge is 0.130 e. The molecule has 0 bridgehead atoms. The number of phenols is 1. The summed E-state index contributed by atoms with van der Waals surface area (Å²) in [5, 5.41) is 13.0. The third-order valence-corrected chi connectivity index (χ3v) is 4.01. The summed E-state index contributed by atoms with van der Waals surface area (Å²) in [5.74, 6) is 0.965. The Bertz CT molecular complexity index is 936. The van der Waals surface area contributed by atoms with Gasteiger partial charge in [-0.1, -0.05) is 24.3 Å². The van der Waals surface area contributed by atoms with E-state index in [1.54, 1.807) is 25.4 Å². The van der Waals surface area contributed by atoms with E-state index in [4.69, 9.17) is 0 Å². The first-order valence-corrected chi connectivity index (χ1v) is 8.21. The van der Waals surface area contributed by atoms with Crippen LogP contribution in [-0.4, -0.2) is 29.7 Å². The van der Waals surface area contributed by atoms with Gasteiger partial charge in [0.1, 0.15) is 11.6 Å². The average Bonchev–Trinajstić information content (AvgIpc) is 2.69. The standard InChI is InChI=1S/C21H20N4O/c1-22-20-12-17(16-6-3-7-18(26)11-16)8-9-19(20)21(23-2)25-14-15-5-4-10-24-13-15/h3-13,26H,1,14H2,2H3,(H,23,25). The minimum absolute atomic E-state index is 0.230. The molecule has 1 aromatic heterocycles. The van der Waals surface area contributed by atoms with Gasteiger partial charge < -0.3 is 10.4 Å². The quantitative estimate of drug-likeness (QED) is 0.544. The topological polar surface area (TPSA) is 69.9 Å². The molecule has 130 valence electrons. The molecule has 3 rings (SSSR count). The molecular formula is C21H20N4O. The van der Waals surface area contributed by atoms with Crippen LogP contribution in [-0.2, 0) is 6.54 Å². The molecule has 0 spiro atoms. The summed E-state index contributed by atoms with van der Waals surface area (Å²) in [7, 11) is 1.74. The summed E-state index contributed by atoms with van der Waals surface area (Å²) < 4.78 is 0. The number of amidine groups is 1. The zero-order valence-corrected chi connectivity index (χ0v) is 14.6. The second-order valence-corrected chi connectivity index (χ2v) is 5.73. The van der Waals surface area contributed by atoms with Crippen molar-refractivity contribution in [2.75, 3.05) is 7.05 Å². The van der Waals surface area contributed by atoms with Gasteiger partial charge in [0, 0.05) is 31.5 Å². The Morgan fingerprint density at radius 2 is 1.96 bits per heavy atom. The van der Waals surface area contributed by atoms with E-state index < -0.39 is 0 Å². The van der Waals surface area contributed by atoms with Crippen LogP contribution >= 0.6 is 0 Å². The number of hydrogen-bond donors (Lipinski definition) is 2. The number of phenolic OH excluding ortho intramolecular Hbond substituents is 1. The van der Waals surface area contributed by atoms with Crippen molar-refractivity contribution in [1.82, 2.24) is 10.3 Å². The predicted octanol–water partition coefficient (Wildman–Crippen LogP) is 3.95. The van der Waals surface area contributed by atoms with E-state index in [0.29, 0.717) is 6.54 Å². The van der Waals surface area contributed by atoms with Crippen LogP contribution in [0, 0.1) is 0 Å². The molecule has 2 N–H and O–H groups in total. The maximum absolute atomic E-state index is 9.69. The minimum atomic E-state index is 0.230. The van der Waals surface area contributed by atoms with Crippen molar-refractivity contribution in [2.24, 2.45) is 9.98 Å². The van der Waals surface area contributed by atoms with Gasteiger partial charge >= 0.3 is 0 Å². The number of pyridine rings is 1. The maximum atomic E-state index is 9.69. The van der Waals surface area contributed by atoms with Crippen LogP contribution in [0.15, 0.2) is 77.0 Å². The van der Waals surface area contributed by atoms with Crippen LogP contribution in [0.4, 0.5) is 5.69 Å². The van der Waals surface area contributed by atoms with E-state index in [9.17, 15) is 5.11 Å². The number of rotatable bonds is 5. The van der Waals surface area contributed by atoms with Crippen molar-refractivity contribution in [3.05, 3.63) is 78.1 Å². The lowest BCUT2D eigenvalue weighted by atomic mass is 10.0. The summed E-state index contributed by atoms with van der Waals surface area (Å²) in [6.45, 7) is 4.30. The minimum Gasteiger partial charge on any atom is -0.508 e. The lowest BCUT2D eigenvalue weighted by Crippen LogP contribution is -2.24. The lowest BCUT2D eigenvalue weighted by molar-refractivity contribution is 0.475. The summed E-state index contributed by atoms with van der Waals surface area (Å²) >= 11 is 0. The van der Waals surface area contributed by atoms with Gasteiger partial charge in [0.15, 0.2) is 0 Å². The molecule has 0 radical (unpaired) electrons. The number of benzene rings is 2. The Balaban J connectivity index is 1.87. The predicted molar refractivity (Wildman–Crippen MR) is 106 cm³/mol. The van der Waals surface area contributed by atoms with E-state index in [1.807, 2.05) is 48.7 Å². The maximum Gasteiger partial charge on any atom is 0.130 e. The molecular weight excluding hydrogens is 324 g/mol. The molecule has 0 atom stereocenters. The van der Waals surface area contributed by atoms with Crippen molar-refractivity contribution in [1.29, 1.82) is 0 Å². The van der Waals surface area contributed by atoms with E-state index in [0.717, 1.165) is 33.8 Å². The highest BCUT2D eigenvalue weighted by molar-refractivity contribution is 6.03. The number of aliphatic imine (C=N–C) groups is 2. The van der Waals surface area contributed by atoms with Crippen LogP contribution in [0.5, 0.6) is 5.75 Å². The average molecular weight is 344 g/mol. The third kappa shape index (κ3) is 3.95. The van der Waals surface area contributed by atoms with E-state index in [1.165, 1.54) is 0 Å². The van der Waals surface area contributed by atoms with Gasteiger partial charge in [-0.25, -0.2) is 0 Å². The van der Waals surface area contributed by atoms with E-state index in [-0.39, 0.29) is 5.75 Å². The highest BCUT2D eigenvalue weighted by Crippen LogP contribution is 2.29. The Morgan fingerprint density at radius 1 is 1.12 bits per heavy atom. The van der Waals surface area contributed by atoms with Crippen molar-refractivity contribution < 1.29 is 5.11 Å². The molecule has 0 amide bonds. The molecule has 1 heterocycles. The van der Waals surface area contributed by atoms with Gasteiger partial charge in [-0.15, -0.1) is 0 Å². The Kier molecular flexibility index (Phi) is 5.39. The van der Waals surface area contributed by atoms with Gasteiger partial charge in [-0.3, -0.25) is 15.0 Å². The van der Waals surface area contributed by atoms with Crippen LogP contribution < -0.4 is 5.32 Å². The van der Waals surface area contributed by atoms with Crippen molar-refractivity contribution >= 4 is 18.2 Å². The molecule has 2 aromatic carbocycles. The molecule has 5 heteroatoms. The number of hydrogen-bond acceptors (Lipinski definition) is 4. The summed E-state index contributed by atoms with van der Waals surface area (Å²) in [6, 6.07) is 16.9. The molecule has 0 unspecified atom stereocenters. The van der Waals surface area contributed by atoms with E-state index >= 15 is 0 Å². The number of nitrogens with one attached hydrogen (secondary N) is 1. The Labute approximate surface area is 152 Å². The number of aromatic hydroxyl groups is 1. The van der Waals surface area contributed by atoms with Crippen LogP contribution in [0.1, 0.15) is 11.1 Å². The number of nitrogens with zero attached hydrogens (tertiary/aromatic N) is 3. The SMILES string of the molecule is C=Nc1cc(-c2cccc(O)c2)ccc1C(=NC)NCc1cccnc1. The first kappa shape index (κ1) is 17.4. The largest absolute Gasteiger partial charge is 0.508 e. The third-order valence-electron chi connectivity index (χ3n) is 4.01. The molecule has 0 saturated carbocycles. The normalized spacial score (nSPS) is 11.2. The van der Waals surface area contributed by atoms with Gasteiger partial charge in [0.25, 0.3) is 0 Å². The fourth-order valence-electron chi connectivity index (χ4n) is 2.71. The zero-order valence-electron chi connectivity index (χ0n) is 14.6. The monoisotopic (exact) mass is 344 g/mol. The molecule has 0 aliphatic rings. The molecule has 5 nitrogen and oxygen atoms in total. The Hall–Kier alpha value is -3.47.